The second kappa shape index (κ2) is 6.63. The van der Waals surface area contributed by atoms with Crippen molar-refractivity contribution in [3.05, 3.63) is 29.3 Å². The molecular weight excluding hydrogens is 256 g/mol. The van der Waals surface area contributed by atoms with Gasteiger partial charge in [-0.15, -0.1) is 0 Å². The van der Waals surface area contributed by atoms with E-state index < -0.39 is 0 Å². The number of nitrogens with one attached hydrogen (secondary N) is 1. The first-order valence-corrected chi connectivity index (χ1v) is 7.73. The number of aryl methyl sites for hydroxylation is 1. The largest absolute Gasteiger partial charge is 0.325 e. The first-order valence-electron chi connectivity index (χ1n) is 6.58. The van der Waals surface area contributed by atoms with E-state index in [0.29, 0.717) is 23.6 Å². The van der Waals surface area contributed by atoms with E-state index in [1.54, 1.807) is 6.07 Å². The molecule has 0 spiro atoms. The maximum Gasteiger partial charge on any atom is 0.224 e. The molecule has 1 fully saturated rings. The molecule has 0 bridgehead atoms. The molecule has 1 aromatic carbocycles. The van der Waals surface area contributed by atoms with Gasteiger partial charge in [-0.05, 0) is 48.8 Å². The Morgan fingerprint density at radius 2 is 2.21 bits per heavy atom. The first-order chi connectivity index (χ1) is 9.20. The number of nitriles is 1. The van der Waals surface area contributed by atoms with E-state index in [0.717, 1.165) is 29.9 Å². The van der Waals surface area contributed by atoms with Crippen molar-refractivity contribution >= 4 is 23.4 Å². The third kappa shape index (κ3) is 3.74. The number of benzene rings is 1. The molecule has 19 heavy (non-hydrogen) atoms. The molecule has 1 saturated heterocycles. The lowest BCUT2D eigenvalue weighted by atomic mass is 9.98. The van der Waals surface area contributed by atoms with Gasteiger partial charge in [-0.25, -0.2) is 0 Å². The summed E-state index contributed by atoms with van der Waals surface area (Å²) < 4.78 is 0. The van der Waals surface area contributed by atoms with Gasteiger partial charge in [-0.2, -0.15) is 17.0 Å². The molecule has 1 amide bonds. The third-order valence-electron chi connectivity index (χ3n) is 3.47. The van der Waals surface area contributed by atoms with E-state index in [-0.39, 0.29) is 5.91 Å². The summed E-state index contributed by atoms with van der Waals surface area (Å²) in [6, 6.07) is 7.69. The molecule has 100 valence electrons. The number of carbonyl (C=O) groups is 1. The fourth-order valence-corrected chi connectivity index (χ4v) is 3.54. The molecule has 0 unspecified atom stereocenters. The zero-order valence-corrected chi connectivity index (χ0v) is 11.9. The summed E-state index contributed by atoms with van der Waals surface area (Å²) in [7, 11) is 0. The van der Waals surface area contributed by atoms with Crippen LogP contribution < -0.4 is 5.32 Å². The molecule has 0 aliphatic carbocycles. The highest BCUT2D eigenvalue weighted by Crippen LogP contribution is 2.26. The minimum absolute atomic E-state index is 0.0269. The van der Waals surface area contributed by atoms with Gasteiger partial charge in [0.15, 0.2) is 0 Å². The third-order valence-corrected chi connectivity index (χ3v) is 4.52. The normalized spacial score (nSPS) is 15.8. The summed E-state index contributed by atoms with van der Waals surface area (Å²) in [6.07, 6.45) is 2.81. The number of rotatable bonds is 3. The van der Waals surface area contributed by atoms with Gasteiger partial charge < -0.3 is 5.32 Å². The van der Waals surface area contributed by atoms with Gasteiger partial charge in [0, 0.05) is 6.42 Å². The van der Waals surface area contributed by atoms with Gasteiger partial charge in [-0.3, -0.25) is 4.79 Å². The molecule has 1 aliphatic heterocycles. The molecule has 4 heteroatoms. The van der Waals surface area contributed by atoms with Crippen molar-refractivity contribution in [3.63, 3.8) is 0 Å². The van der Waals surface area contributed by atoms with E-state index in [4.69, 9.17) is 5.26 Å². The molecule has 3 nitrogen and oxygen atoms in total. The Kier molecular flexibility index (Phi) is 4.86. The summed E-state index contributed by atoms with van der Waals surface area (Å²) >= 11 is 1.96. The van der Waals surface area contributed by atoms with Gasteiger partial charge >= 0.3 is 0 Å². The van der Waals surface area contributed by atoms with E-state index in [1.807, 2.05) is 30.8 Å². The maximum atomic E-state index is 12.0. The number of nitrogens with zero attached hydrogens (tertiary/aromatic N) is 1. The summed E-state index contributed by atoms with van der Waals surface area (Å²) in [4.78, 5) is 12.0. The number of thioether (sulfide) groups is 1. The van der Waals surface area contributed by atoms with Crippen LogP contribution >= 0.6 is 11.8 Å². The average Bonchev–Trinajstić information content (AvgIpc) is 2.40. The van der Waals surface area contributed by atoms with Crippen LogP contribution in [-0.4, -0.2) is 17.4 Å². The predicted molar refractivity (Wildman–Crippen MR) is 79.2 cm³/mol. The van der Waals surface area contributed by atoms with Crippen molar-refractivity contribution < 1.29 is 4.79 Å². The van der Waals surface area contributed by atoms with E-state index in [1.165, 1.54) is 0 Å². The Morgan fingerprint density at radius 1 is 1.47 bits per heavy atom. The van der Waals surface area contributed by atoms with Crippen LogP contribution in [0.2, 0.25) is 0 Å². The summed E-state index contributed by atoms with van der Waals surface area (Å²) in [5.74, 6) is 2.84. The van der Waals surface area contributed by atoms with Crippen LogP contribution in [0.15, 0.2) is 18.2 Å². The van der Waals surface area contributed by atoms with Crippen molar-refractivity contribution in [2.75, 3.05) is 16.8 Å². The first kappa shape index (κ1) is 14.0. The Labute approximate surface area is 118 Å². The van der Waals surface area contributed by atoms with Crippen LogP contribution in [0.3, 0.4) is 0 Å². The van der Waals surface area contributed by atoms with E-state index >= 15 is 0 Å². The molecule has 0 saturated carbocycles. The van der Waals surface area contributed by atoms with Crippen LogP contribution in [0, 0.1) is 24.2 Å². The van der Waals surface area contributed by atoms with Crippen LogP contribution in [0.4, 0.5) is 5.69 Å². The number of amides is 1. The fraction of sp³-hybridized carbons (Fsp3) is 0.467. The zero-order chi connectivity index (χ0) is 13.7. The number of anilines is 1. The van der Waals surface area contributed by atoms with Crippen molar-refractivity contribution in [2.24, 2.45) is 5.92 Å². The predicted octanol–water partition coefficient (Wildman–Crippen LogP) is 3.34. The summed E-state index contributed by atoms with van der Waals surface area (Å²) in [5.41, 5.74) is 2.10. The number of carbonyl (C=O) groups excluding carboxylic acids is 1. The van der Waals surface area contributed by atoms with Crippen molar-refractivity contribution in [1.29, 1.82) is 5.26 Å². The van der Waals surface area contributed by atoms with Crippen LogP contribution in [0.5, 0.6) is 0 Å². The lowest BCUT2D eigenvalue weighted by Crippen LogP contribution is -2.20. The second-order valence-electron chi connectivity index (χ2n) is 4.92. The molecule has 0 atom stereocenters. The molecule has 1 aromatic rings. The monoisotopic (exact) mass is 274 g/mol. The van der Waals surface area contributed by atoms with E-state index in [9.17, 15) is 4.79 Å². The molecule has 1 aliphatic rings. The van der Waals surface area contributed by atoms with Gasteiger partial charge in [0.2, 0.25) is 5.91 Å². The van der Waals surface area contributed by atoms with Crippen LogP contribution in [0.1, 0.15) is 30.4 Å². The smallest absolute Gasteiger partial charge is 0.224 e. The van der Waals surface area contributed by atoms with E-state index in [2.05, 4.69) is 11.4 Å². The van der Waals surface area contributed by atoms with Crippen molar-refractivity contribution in [1.82, 2.24) is 0 Å². The quantitative estimate of drug-likeness (QED) is 0.919. The molecular formula is C15H18N2OS. The Bertz CT molecular complexity index is 501. The van der Waals surface area contributed by atoms with Crippen LogP contribution in [0.25, 0.3) is 0 Å². The minimum atomic E-state index is 0.0269. The maximum absolute atomic E-state index is 12.0. The Morgan fingerprint density at radius 3 is 2.89 bits per heavy atom. The van der Waals surface area contributed by atoms with Crippen molar-refractivity contribution in [3.8, 4) is 6.07 Å². The van der Waals surface area contributed by atoms with Gasteiger partial charge in [-0.1, -0.05) is 12.1 Å². The molecule has 1 heterocycles. The molecule has 0 radical (unpaired) electrons. The minimum Gasteiger partial charge on any atom is -0.325 e. The highest BCUT2D eigenvalue weighted by molar-refractivity contribution is 7.99. The van der Waals surface area contributed by atoms with Gasteiger partial charge in [0.05, 0.1) is 11.3 Å². The Balaban J connectivity index is 1.99. The highest BCUT2D eigenvalue weighted by Gasteiger charge is 2.18. The Hall–Kier alpha value is -1.47. The zero-order valence-electron chi connectivity index (χ0n) is 11.1. The van der Waals surface area contributed by atoms with Gasteiger partial charge in [0.25, 0.3) is 0 Å². The van der Waals surface area contributed by atoms with Crippen LogP contribution in [-0.2, 0) is 4.79 Å². The summed E-state index contributed by atoms with van der Waals surface area (Å²) in [6.45, 7) is 1.88. The second-order valence-corrected chi connectivity index (χ2v) is 6.14. The van der Waals surface area contributed by atoms with Crippen molar-refractivity contribution in [2.45, 2.75) is 26.2 Å². The molecule has 0 aromatic heterocycles. The number of hydrogen-bond acceptors (Lipinski definition) is 3. The number of hydrogen-bond donors (Lipinski definition) is 1. The van der Waals surface area contributed by atoms with Gasteiger partial charge in [0.1, 0.15) is 6.07 Å². The lowest BCUT2D eigenvalue weighted by molar-refractivity contribution is -0.117. The lowest BCUT2D eigenvalue weighted by Gasteiger charge is -2.20. The molecule has 2 rings (SSSR count). The standard InChI is InChI=1S/C15H18N2OS/c1-11-3-2-4-14(13(11)10-16)17-15(18)9-12-5-7-19-8-6-12/h2-4,12H,5-9H2,1H3,(H,17,18). The summed E-state index contributed by atoms with van der Waals surface area (Å²) in [5, 5.41) is 12.0. The average molecular weight is 274 g/mol. The topological polar surface area (TPSA) is 52.9 Å². The fourth-order valence-electron chi connectivity index (χ4n) is 2.33. The molecule has 1 N–H and O–H groups in total. The highest BCUT2D eigenvalue weighted by atomic mass is 32.2. The SMILES string of the molecule is Cc1cccc(NC(=O)CC2CCSCC2)c1C#N.